The molecule has 1 atom stereocenters. The molecule has 1 heterocycles. The molecule has 1 N–H and O–H groups in total. The van der Waals surface area contributed by atoms with Gasteiger partial charge in [-0.15, -0.1) is 0 Å². The van der Waals surface area contributed by atoms with Crippen LogP contribution in [0.2, 0.25) is 0 Å². The highest BCUT2D eigenvalue weighted by atomic mass is 79.9. The van der Waals surface area contributed by atoms with E-state index in [0.717, 1.165) is 18.4 Å². The Bertz CT molecular complexity index is 1190. The Labute approximate surface area is 184 Å². The lowest BCUT2D eigenvalue weighted by molar-refractivity contribution is 0.412. The van der Waals surface area contributed by atoms with E-state index in [0.29, 0.717) is 16.7 Å². The number of sulfone groups is 1. The number of rotatable bonds is 7. The molecule has 30 heavy (non-hydrogen) atoms. The predicted molar refractivity (Wildman–Crippen MR) is 119 cm³/mol. The SMILES string of the molecule is CCCCc1nc(O)c(S(=O)(=O)c2ccc(Br)cc2)c(=O)n1[C@@H](C)c1ccccc1. The molecule has 0 bridgehead atoms. The van der Waals surface area contributed by atoms with E-state index in [4.69, 9.17) is 0 Å². The Morgan fingerprint density at radius 2 is 1.73 bits per heavy atom. The molecule has 158 valence electrons. The standard InChI is InChI=1S/C22H23BrN2O4S/c1-3-4-10-19-24-21(26)20(30(28,29)18-13-11-17(23)12-14-18)22(27)25(19)15(2)16-8-6-5-7-9-16/h5-9,11-15,26H,3-4,10H2,1-2H3/t15-/m0/s1. The second kappa shape index (κ2) is 9.14. The summed E-state index contributed by atoms with van der Waals surface area (Å²) < 4.78 is 28.5. The van der Waals surface area contributed by atoms with Crippen molar-refractivity contribution >= 4 is 25.8 Å². The van der Waals surface area contributed by atoms with Crippen molar-refractivity contribution in [3.8, 4) is 5.88 Å². The van der Waals surface area contributed by atoms with Gasteiger partial charge in [-0.05, 0) is 43.2 Å². The Hall–Kier alpha value is -2.45. The number of halogens is 1. The van der Waals surface area contributed by atoms with Gasteiger partial charge in [-0.3, -0.25) is 9.36 Å². The molecule has 8 heteroatoms. The third-order valence-electron chi connectivity index (χ3n) is 4.95. The second-order valence-corrected chi connectivity index (χ2v) is 9.81. The second-order valence-electron chi connectivity index (χ2n) is 7.00. The van der Waals surface area contributed by atoms with Crippen molar-refractivity contribution in [2.75, 3.05) is 0 Å². The summed E-state index contributed by atoms with van der Waals surface area (Å²) in [6.07, 6.45) is 2.08. The number of aromatic nitrogens is 2. The van der Waals surface area contributed by atoms with Crippen LogP contribution in [0.1, 0.15) is 44.1 Å². The highest BCUT2D eigenvalue weighted by molar-refractivity contribution is 9.10. The number of hydrogen-bond donors (Lipinski definition) is 1. The van der Waals surface area contributed by atoms with E-state index >= 15 is 0 Å². The van der Waals surface area contributed by atoms with Gasteiger partial charge in [0.05, 0.1) is 10.9 Å². The summed E-state index contributed by atoms with van der Waals surface area (Å²) in [5, 5.41) is 10.5. The maximum Gasteiger partial charge on any atom is 0.277 e. The van der Waals surface area contributed by atoms with Crippen molar-refractivity contribution in [1.82, 2.24) is 9.55 Å². The van der Waals surface area contributed by atoms with Crippen molar-refractivity contribution in [1.29, 1.82) is 0 Å². The average molecular weight is 491 g/mol. The molecule has 0 radical (unpaired) electrons. The van der Waals surface area contributed by atoms with Gasteiger partial charge in [0.2, 0.25) is 15.7 Å². The molecule has 0 saturated heterocycles. The Kier molecular flexibility index (Phi) is 6.77. The van der Waals surface area contributed by atoms with Gasteiger partial charge in [0.1, 0.15) is 5.82 Å². The largest absolute Gasteiger partial charge is 0.492 e. The molecule has 0 spiro atoms. The maximum atomic E-state index is 13.4. The van der Waals surface area contributed by atoms with Crippen LogP contribution in [0.4, 0.5) is 0 Å². The maximum absolute atomic E-state index is 13.4. The number of nitrogens with zero attached hydrogens (tertiary/aromatic N) is 2. The molecule has 6 nitrogen and oxygen atoms in total. The fourth-order valence-electron chi connectivity index (χ4n) is 3.31. The highest BCUT2D eigenvalue weighted by Crippen LogP contribution is 2.28. The summed E-state index contributed by atoms with van der Waals surface area (Å²) in [4.78, 5) is 16.8. The van der Waals surface area contributed by atoms with E-state index in [2.05, 4.69) is 20.9 Å². The zero-order valence-electron chi connectivity index (χ0n) is 16.7. The summed E-state index contributed by atoms with van der Waals surface area (Å²) in [6.45, 7) is 3.83. The number of aromatic hydroxyl groups is 1. The zero-order chi connectivity index (χ0) is 21.9. The van der Waals surface area contributed by atoms with E-state index in [1.807, 2.05) is 44.2 Å². The van der Waals surface area contributed by atoms with E-state index in [1.165, 1.54) is 16.7 Å². The summed E-state index contributed by atoms with van der Waals surface area (Å²) >= 11 is 3.27. The Morgan fingerprint density at radius 3 is 2.33 bits per heavy atom. The molecule has 0 amide bonds. The fraction of sp³-hybridized carbons (Fsp3) is 0.273. The highest BCUT2D eigenvalue weighted by Gasteiger charge is 2.30. The van der Waals surface area contributed by atoms with Gasteiger partial charge in [0.25, 0.3) is 5.56 Å². The van der Waals surface area contributed by atoms with Gasteiger partial charge in [-0.25, -0.2) is 8.42 Å². The van der Waals surface area contributed by atoms with Crippen molar-refractivity contribution in [2.45, 2.75) is 48.9 Å². The van der Waals surface area contributed by atoms with E-state index < -0.39 is 32.2 Å². The van der Waals surface area contributed by atoms with Gasteiger partial charge < -0.3 is 5.11 Å². The van der Waals surface area contributed by atoms with Gasteiger partial charge in [-0.2, -0.15) is 4.98 Å². The third kappa shape index (κ3) is 4.34. The van der Waals surface area contributed by atoms with Gasteiger partial charge in [0.15, 0.2) is 4.90 Å². The molecule has 0 aliphatic heterocycles. The molecule has 0 unspecified atom stereocenters. The van der Waals surface area contributed by atoms with E-state index in [-0.39, 0.29) is 4.90 Å². The lowest BCUT2D eigenvalue weighted by Crippen LogP contribution is -2.32. The van der Waals surface area contributed by atoms with E-state index in [1.54, 1.807) is 12.1 Å². The number of benzene rings is 2. The molecule has 2 aromatic carbocycles. The normalized spacial score (nSPS) is 12.6. The lowest BCUT2D eigenvalue weighted by Gasteiger charge is -2.21. The first-order valence-corrected chi connectivity index (χ1v) is 11.9. The van der Waals surface area contributed by atoms with Crippen LogP contribution in [0.3, 0.4) is 0 Å². The molecule has 0 aliphatic rings. The minimum absolute atomic E-state index is 0.0832. The summed E-state index contributed by atoms with van der Waals surface area (Å²) in [7, 11) is -4.26. The van der Waals surface area contributed by atoms with Crippen LogP contribution in [-0.4, -0.2) is 23.1 Å². The van der Waals surface area contributed by atoms with Crippen LogP contribution in [0.25, 0.3) is 0 Å². The van der Waals surface area contributed by atoms with Crippen molar-refractivity contribution in [2.24, 2.45) is 0 Å². The first kappa shape index (κ1) is 22.2. The van der Waals surface area contributed by atoms with Crippen LogP contribution < -0.4 is 5.56 Å². The van der Waals surface area contributed by atoms with Crippen LogP contribution in [0.5, 0.6) is 5.88 Å². The molecular formula is C22H23BrN2O4S. The quantitative estimate of drug-likeness (QED) is 0.526. The molecule has 3 rings (SSSR count). The smallest absolute Gasteiger partial charge is 0.277 e. The van der Waals surface area contributed by atoms with E-state index in [9.17, 15) is 18.3 Å². The minimum Gasteiger partial charge on any atom is -0.492 e. The molecule has 0 aliphatic carbocycles. The summed E-state index contributed by atoms with van der Waals surface area (Å²) in [5.41, 5.74) is 0.0738. The molecule has 0 saturated carbocycles. The van der Waals surface area contributed by atoms with Crippen molar-refractivity contribution in [3.05, 3.63) is 80.8 Å². The topological polar surface area (TPSA) is 89.3 Å². The average Bonchev–Trinajstić information content (AvgIpc) is 2.72. The fourth-order valence-corrected chi connectivity index (χ4v) is 4.92. The molecular weight excluding hydrogens is 468 g/mol. The first-order chi connectivity index (χ1) is 14.3. The Morgan fingerprint density at radius 1 is 1.10 bits per heavy atom. The van der Waals surface area contributed by atoms with Gasteiger partial charge in [-0.1, -0.05) is 59.6 Å². The van der Waals surface area contributed by atoms with Gasteiger partial charge in [0, 0.05) is 10.9 Å². The number of unbranched alkanes of at least 4 members (excludes halogenated alkanes) is 1. The predicted octanol–water partition coefficient (Wildman–Crippen LogP) is 4.50. The monoisotopic (exact) mass is 490 g/mol. The minimum atomic E-state index is -4.26. The molecule has 0 fully saturated rings. The summed E-state index contributed by atoms with van der Waals surface area (Å²) in [6, 6.07) is 14.8. The molecule has 1 aromatic heterocycles. The van der Waals surface area contributed by atoms with Crippen molar-refractivity contribution < 1.29 is 13.5 Å². The van der Waals surface area contributed by atoms with Crippen LogP contribution in [0.15, 0.2) is 73.7 Å². The number of aryl methyl sites for hydroxylation is 1. The van der Waals surface area contributed by atoms with Crippen LogP contribution >= 0.6 is 15.9 Å². The third-order valence-corrected chi connectivity index (χ3v) is 7.26. The molecule has 3 aromatic rings. The Balaban J connectivity index is 2.25. The van der Waals surface area contributed by atoms with Crippen LogP contribution in [-0.2, 0) is 16.3 Å². The van der Waals surface area contributed by atoms with Crippen LogP contribution in [0, 0.1) is 0 Å². The summed E-state index contributed by atoms with van der Waals surface area (Å²) in [5.74, 6) is -0.393. The lowest BCUT2D eigenvalue weighted by atomic mass is 10.1. The zero-order valence-corrected chi connectivity index (χ0v) is 19.1. The van der Waals surface area contributed by atoms with Crippen molar-refractivity contribution in [3.63, 3.8) is 0 Å². The van der Waals surface area contributed by atoms with Gasteiger partial charge >= 0.3 is 0 Å². The first-order valence-electron chi connectivity index (χ1n) is 9.67. The number of hydrogen-bond acceptors (Lipinski definition) is 5.